The first-order valence-electron chi connectivity index (χ1n) is 9.18. The number of nitrogens with two attached hydrogens (primary N) is 1. The van der Waals surface area contributed by atoms with Gasteiger partial charge in [0, 0.05) is 50.1 Å². The van der Waals surface area contributed by atoms with Crippen LogP contribution in [0.5, 0.6) is 0 Å². The number of nitrogens with zero attached hydrogens (tertiary/aromatic N) is 4. The second kappa shape index (κ2) is 6.92. The third kappa shape index (κ3) is 4.69. The van der Waals surface area contributed by atoms with Gasteiger partial charge < -0.3 is 10.6 Å². The van der Waals surface area contributed by atoms with Crippen LogP contribution in [0.1, 0.15) is 38.7 Å². The molecular formula is C18H26F3N5O. The number of carbonyl (C=O) groups is 1. The smallest absolute Gasteiger partial charge is 0.369 e. The van der Waals surface area contributed by atoms with Crippen molar-refractivity contribution in [1.82, 2.24) is 14.9 Å². The number of rotatable bonds is 4. The first-order chi connectivity index (χ1) is 12.4. The third-order valence-electron chi connectivity index (χ3n) is 5.15. The number of piperazine rings is 1. The lowest BCUT2D eigenvalue weighted by Crippen LogP contribution is -2.47. The lowest BCUT2D eigenvalue weighted by atomic mass is 9.95. The van der Waals surface area contributed by atoms with E-state index >= 15 is 0 Å². The molecule has 1 aliphatic heterocycles. The molecule has 1 amide bonds. The number of anilines is 1. The number of carbonyl (C=O) groups excluding carboxylic acids is 1. The van der Waals surface area contributed by atoms with E-state index < -0.39 is 17.3 Å². The van der Waals surface area contributed by atoms with E-state index in [2.05, 4.69) is 14.9 Å². The van der Waals surface area contributed by atoms with Gasteiger partial charge in [-0.05, 0) is 12.3 Å². The van der Waals surface area contributed by atoms with Crippen molar-refractivity contribution in [2.24, 2.45) is 17.6 Å². The highest BCUT2D eigenvalue weighted by molar-refractivity contribution is 5.79. The molecule has 3 rings (SSSR count). The number of amides is 1. The average Bonchev–Trinajstić information content (AvgIpc) is 3.33. The fourth-order valence-corrected chi connectivity index (χ4v) is 3.37. The second-order valence-corrected chi connectivity index (χ2v) is 8.48. The molecule has 1 aromatic heterocycles. The Kier molecular flexibility index (Phi) is 5.09. The molecule has 2 aliphatic rings. The van der Waals surface area contributed by atoms with Gasteiger partial charge in [0.15, 0.2) is 0 Å². The number of hydrogen-bond donors (Lipinski definition) is 1. The molecule has 150 valence electrons. The number of aromatic nitrogens is 2. The molecule has 2 heterocycles. The summed E-state index contributed by atoms with van der Waals surface area (Å²) in [6.07, 6.45) is -3.67. The molecule has 0 aromatic carbocycles. The molecule has 0 spiro atoms. The van der Waals surface area contributed by atoms with Gasteiger partial charge in [-0.1, -0.05) is 20.8 Å². The minimum absolute atomic E-state index is 0.0198. The van der Waals surface area contributed by atoms with Crippen LogP contribution in [0.25, 0.3) is 0 Å². The molecule has 0 radical (unpaired) electrons. The lowest BCUT2D eigenvalue weighted by Gasteiger charge is -2.36. The largest absolute Gasteiger partial charge is 0.433 e. The maximum Gasteiger partial charge on any atom is 0.433 e. The van der Waals surface area contributed by atoms with Gasteiger partial charge >= 0.3 is 6.18 Å². The van der Waals surface area contributed by atoms with Gasteiger partial charge in [0.1, 0.15) is 17.3 Å². The first kappa shape index (κ1) is 19.9. The van der Waals surface area contributed by atoms with Crippen LogP contribution in [-0.2, 0) is 16.4 Å². The van der Waals surface area contributed by atoms with Crippen LogP contribution in [0.2, 0.25) is 0 Å². The molecule has 1 aromatic rings. The summed E-state index contributed by atoms with van der Waals surface area (Å²) in [7, 11) is 0. The van der Waals surface area contributed by atoms with E-state index in [-0.39, 0.29) is 17.6 Å². The van der Waals surface area contributed by atoms with Crippen molar-refractivity contribution in [3.05, 3.63) is 17.6 Å². The van der Waals surface area contributed by atoms with E-state index in [1.807, 2.05) is 4.90 Å². The van der Waals surface area contributed by atoms with Crippen molar-refractivity contribution < 1.29 is 18.0 Å². The zero-order valence-corrected chi connectivity index (χ0v) is 15.9. The molecule has 2 N–H and O–H groups in total. The third-order valence-corrected chi connectivity index (χ3v) is 5.15. The number of primary amides is 1. The standard InChI is InChI=1S/C18H26F3N5O/c1-17(2,3)16-23-13(18(19,20)21)9-14(24-16)26-6-4-25(5-7-26)10-11-8-12(11)15(22)27/h9,11-12H,4-8,10H2,1-3H3,(H2,22,27). The molecule has 27 heavy (non-hydrogen) atoms. The zero-order valence-electron chi connectivity index (χ0n) is 15.9. The van der Waals surface area contributed by atoms with Crippen LogP contribution in [0.4, 0.5) is 19.0 Å². The Labute approximate surface area is 156 Å². The summed E-state index contributed by atoms with van der Waals surface area (Å²) in [5.74, 6) is 0.570. The Bertz CT molecular complexity index is 676. The summed E-state index contributed by atoms with van der Waals surface area (Å²) in [6, 6.07) is 1.04. The van der Waals surface area contributed by atoms with Crippen molar-refractivity contribution in [3.63, 3.8) is 0 Å². The quantitative estimate of drug-likeness (QED) is 0.859. The fraction of sp³-hybridized carbons (Fsp3) is 0.722. The first-order valence-corrected chi connectivity index (χ1v) is 9.18. The summed E-state index contributed by atoms with van der Waals surface area (Å²) in [6.45, 7) is 8.83. The Morgan fingerprint density at radius 1 is 1.19 bits per heavy atom. The highest BCUT2D eigenvalue weighted by atomic mass is 19.4. The maximum atomic E-state index is 13.3. The Hall–Kier alpha value is -1.90. The average molecular weight is 385 g/mol. The predicted octanol–water partition coefficient (Wildman–Crippen LogP) is 2.04. The van der Waals surface area contributed by atoms with Crippen LogP contribution in [0.15, 0.2) is 6.07 Å². The monoisotopic (exact) mass is 385 g/mol. The molecule has 2 fully saturated rings. The van der Waals surface area contributed by atoms with Crippen molar-refractivity contribution in [1.29, 1.82) is 0 Å². The molecular weight excluding hydrogens is 359 g/mol. The van der Waals surface area contributed by atoms with Crippen LogP contribution < -0.4 is 10.6 Å². The number of halogens is 3. The van der Waals surface area contributed by atoms with E-state index in [0.717, 1.165) is 32.1 Å². The highest BCUT2D eigenvalue weighted by Crippen LogP contribution is 2.39. The lowest BCUT2D eigenvalue weighted by molar-refractivity contribution is -0.141. The van der Waals surface area contributed by atoms with Crippen LogP contribution in [0, 0.1) is 11.8 Å². The van der Waals surface area contributed by atoms with E-state index in [0.29, 0.717) is 24.8 Å². The molecule has 2 unspecified atom stereocenters. The van der Waals surface area contributed by atoms with Gasteiger partial charge in [0.2, 0.25) is 5.91 Å². The van der Waals surface area contributed by atoms with Crippen molar-refractivity contribution >= 4 is 11.7 Å². The fourth-order valence-electron chi connectivity index (χ4n) is 3.37. The van der Waals surface area contributed by atoms with Gasteiger partial charge in [-0.15, -0.1) is 0 Å². The summed E-state index contributed by atoms with van der Waals surface area (Å²) in [5, 5.41) is 0. The summed E-state index contributed by atoms with van der Waals surface area (Å²) in [4.78, 5) is 23.4. The molecule has 2 atom stereocenters. The Morgan fingerprint density at radius 2 is 1.81 bits per heavy atom. The van der Waals surface area contributed by atoms with Gasteiger partial charge in [-0.3, -0.25) is 9.69 Å². The number of hydrogen-bond acceptors (Lipinski definition) is 5. The predicted molar refractivity (Wildman–Crippen MR) is 95.2 cm³/mol. The Balaban J connectivity index is 1.69. The molecule has 0 bridgehead atoms. The number of alkyl halides is 3. The minimum atomic E-state index is -4.50. The summed E-state index contributed by atoms with van der Waals surface area (Å²) < 4.78 is 39.8. The molecule has 1 saturated carbocycles. The van der Waals surface area contributed by atoms with E-state index in [4.69, 9.17) is 5.73 Å². The molecule has 1 saturated heterocycles. The Morgan fingerprint density at radius 3 is 2.30 bits per heavy atom. The topological polar surface area (TPSA) is 75.3 Å². The van der Waals surface area contributed by atoms with Crippen LogP contribution in [-0.4, -0.2) is 53.5 Å². The zero-order chi connectivity index (χ0) is 20.0. The van der Waals surface area contributed by atoms with Crippen molar-refractivity contribution in [2.45, 2.75) is 38.8 Å². The van der Waals surface area contributed by atoms with E-state index in [1.165, 1.54) is 0 Å². The van der Waals surface area contributed by atoms with Crippen molar-refractivity contribution in [2.75, 3.05) is 37.6 Å². The maximum absolute atomic E-state index is 13.3. The summed E-state index contributed by atoms with van der Waals surface area (Å²) >= 11 is 0. The minimum Gasteiger partial charge on any atom is -0.369 e. The molecule has 9 heteroatoms. The molecule has 6 nitrogen and oxygen atoms in total. The van der Waals surface area contributed by atoms with Gasteiger partial charge in [0.05, 0.1) is 0 Å². The second-order valence-electron chi connectivity index (χ2n) is 8.48. The van der Waals surface area contributed by atoms with Crippen LogP contribution >= 0.6 is 0 Å². The van der Waals surface area contributed by atoms with Crippen molar-refractivity contribution in [3.8, 4) is 0 Å². The van der Waals surface area contributed by atoms with Gasteiger partial charge in [-0.2, -0.15) is 13.2 Å². The van der Waals surface area contributed by atoms with Gasteiger partial charge in [0.25, 0.3) is 0 Å². The normalized spacial score (nSPS) is 24.1. The van der Waals surface area contributed by atoms with Crippen LogP contribution in [0.3, 0.4) is 0 Å². The highest BCUT2D eigenvalue weighted by Gasteiger charge is 2.42. The van der Waals surface area contributed by atoms with Gasteiger partial charge in [-0.25, -0.2) is 9.97 Å². The molecule has 1 aliphatic carbocycles. The SMILES string of the molecule is CC(C)(C)c1nc(N2CCN(CC3CC3C(N)=O)CC2)cc(C(F)(F)F)n1. The summed E-state index contributed by atoms with van der Waals surface area (Å²) in [5.41, 5.74) is 3.84. The van der Waals surface area contributed by atoms with E-state index in [1.54, 1.807) is 20.8 Å². The van der Waals surface area contributed by atoms with E-state index in [9.17, 15) is 18.0 Å².